The molecule has 1 aliphatic heterocycles. The molecule has 28 heavy (non-hydrogen) atoms. The largest absolute Gasteiger partial charge is 0.317 e. The molecule has 0 N–H and O–H groups in total. The second-order valence-corrected chi connectivity index (χ2v) is 10.5. The summed E-state index contributed by atoms with van der Waals surface area (Å²) in [7, 11) is -3.31. The number of hydrogen-bond acceptors (Lipinski definition) is 4. The van der Waals surface area contributed by atoms with Crippen molar-refractivity contribution < 1.29 is 8.42 Å². The van der Waals surface area contributed by atoms with Crippen molar-refractivity contribution in [2.75, 3.05) is 19.3 Å². The molecule has 0 aliphatic carbocycles. The summed E-state index contributed by atoms with van der Waals surface area (Å²) in [5.74, 6) is 1.15. The Morgan fingerprint density at radius 2 is 1.82 bits per heavy atom. The lowest BCUT2D eigenvalue weighted by Crippen LogP contribution is -2.34. The normalized spacial score (nSPS) is 16.7. The molecule has 2 aromatic rings. The first kappa shape index (κ1) is 21.1. The zero-order chi connectivity index (χ0) is 20.1. The Morgan fingerprint density at radius 1 is 1.14 bits per heavy atom. The minimum absolute atomic E-state index is 0.203. The molecule has 1 saturated heterocycles. The van der Waals surface area contributed by atoms with Gasteiger partial charge in [-0.05, 0) is 56.2 Å². The van der Waals surface area contributed by atoms with Crippen molar-refractivity contribution in [3.05, 3.63) is 47.8 Å². The summed E-state index contributed by atoms with van der Waals surface area (Å²) in [5.41, 5.74) is 2.44. The van der Waals surface area contributed by atoms with Gasteiger partial charge in [-0.15, -0.1) is 0 Å². The van der Waals surface area contributed by atoms with Crippen LogP contribution in [-0.2, 0) is 29.3 Å². The van der Waals surface area contributed by atoms with Gasteiger partial charge in [0.15, 0.2) is 0 Å². The molecule has 3 rings (SSSR count). The van der Waals surface area contributed by atoms with Crippen molar-refractivity contribution in [2.24, 2.45) is 11.8 Å². The molecular weight excluding hydrogens is 370 g/mol. The van der Waals surface area contributed by atoms with Crippen molar-refractivity contribution in [3.8, 4) is 0 Å². The summed E-state index contributed by atoms with van der Waals surface area (Å²) in [5, 5.41) is 0.203. The second kappa shape index (κ2) is 9.23. The van der Waals surface area contributed by atoms with Crippen LogP contribution in [0.3, 0.4) is 0 Å². The van der Waals surface area contributed by atoms with Crippen LogP contribution in [0.2, 0.25) is 0 Å². The lowest BCUT2D eigenvalue weighted by molar-refractivity contribution is 0.168. The fourth-order valence-corrected chi connectivity index (χ4v) is 4.89. The van der Waals surface area contributed by atoms with Crippen molar-refractivity contribution >= 4 is 9.84 Å². The van der Waals surface area contributed by atoms with Crippen molar-refractivity contribution in [1.29, 1.82) is 0 Å². The van der Waals surface area contributed by atoms with Crippen LogP contribution >= 0.6 is 0 Å². The van der Waals surface area contributed by atoms with Gasteiger partial charge in [-0.25, -0.2) is 13.4 Å². The molecule has 0 atom stereocenters. The van der Waals surface area contributed by atoms with E-state index in [1.54, 1.807) is 6.20 Å². The average molecular weight is 404 g/mol. The number of hydrogen-bond donors (Lipinski definition) is 0. The fourth-order valence-electron chi connectivity index (χ4n) is 4.05. The summed E-state index contributed by atoms with van der Waals surface area (Å²) >= 11 is 0. The monoisotopic (exact) mass is 403 g/mol. The summed E-state index contributed by atoms with van der Waals surface area (Å²) < 4.78 is 26.1. The number of nitrogens with zero attached hydrogens (tertiary/aromatic N) is 3. The molecule has 2 heterocycles. The molecule has 0 amide bonds. The predicted octanol–water partition coefficient (Wildman–Crippen LogP) is 3.79. The molecule has 1 fully saturated rings. The van der Waals surface area contributed by atoms with Crippen LogP contribution in [0.1, 0.15) is 44.4 Å². The van der Waals surface area contributed by atoms with Gasteiger partial charge in [-0.1, -0.05) is 44.2 Å². The van der Waals surface area contributed by atoms with Crippen LogP contribution in [0.25, 0.3) is 0 Å². The minimum Gasteiger partial charge on any atom is -0.317 e. The number of aryl methyl sites for hydroxylation is 1. The molecule has 6 heteroatoms. The summed E-state index contributed by atoms with van der Waals surface area (Å²) in [4.78, 5) is 6.68. The van der Waals surface area contributed by atoms with E-state index in [-0.39, 0.29) is 5.16 Å². The van der Waals surface area contributed by atoms with E-state index in [0.717, 1.165) is 37.7 Å². The van der Waals surface area contributed by atoms with Crippen LogP contribution in [0, 0.1) is 11.8 Å². The van der Waals surface area contributed by atoms with E-state index in [0.29, 0.717) is 12.5 Å². The van der Waals surface area contributed by atoms with Gasteiger partial charge < -0.3 is 4.57 Å². The summed E-state index contributed by atoms with van der Waals surface area (Å²) in [6.45, 7) is 7.81. The van der Waals surface area contributed by atoms with Crippen molar-refractivity contribution in [3.63, 3.8) is 0 Å². The quantitative estimate of drug-likeness (QED) is 0.673. The highest BCUT2D eigenvalue weighted by molar-refractivity contribution is 7.90. The average Bonchev–Trinajstić information content (AvgIpc) is 3.04. The van der Waals surface area contributed by atoms with Gasteiger partial charge in [-0.2, -0.15) is 0 Å². The molecule has 154 valence electrons. The Balaban J connectivity index is 1.56. The van der Waals surface area contributed by atoms with E-state index in [9.17, 15) is 8.42 Å². The maximum atomic E-state index is 12.1. The zero-order valence-electron chi connectivity index (χ0n) is 17.3. The third-order valence-electron chi connectivity index (χ3n) is 5.56. The first-order valence-electron chi connectivity index (χ1n) is 10.3. The van der Waals surface area contributed by atoms with Gasteiger partial charge in [0.1, 0.15) is 0 Å². The first-order valence-corrected chi connectivity index (χ1v) is 12.2. The predicted molar refractivity (Wildman–Crippen MR) is 113 cm³/mol. The molecule has 0 saturated carbocycles. The third-order valence-corrected chi connectivity index (χ3v) is 6.55. The minimum atomic E-state index is -3.31. The number of sulfone groups is 1. The first-order chi connectivity index (χ1) is 13.3. The van der Waals surface area contributed by atoms with Crippen LogP contribution in [0.5, 0.6) is 0 Å². The Kier molecular flexibility index (Phi) is 6.94. The molecule has 1 aromatic carbocycles. The summed E-state index contributed by atoms with van der Waals surface area (Å²) in [6, 6.07) is 10.7. The maximum Gasteiger partial charge on any atom is 0.227 e. The zero-order valence-corrected chi connectivity index (χ0v) is 18.2. The van der Waals surface area contributed by atoms with E-state index in [4.69, 9.17) is 0 Å². The number of likely N-dealkylation sites (tertiary alicyclic amines) is 1. The maximum absolute atomic E-state index is 12.1. The smallest absolute Gasteiger partial charge is 0.227 e. The van der Waals surface area contributed by atoms with Gasteiger partial charge in [0.25, 0.3) is 0 Å². The van der Waals surface area contributed by atoms with Gasteiger partial charge >= 0.3 is 0 Å². The lowest BCUT2D eigenvalue weighted by Gasteiger charge is -2.32. The topological polar surface area (TPSA) is 55.2 Å². The van der Waals surface area contributed by atoms with E-state index in [1.165, 1.54) is 31.1 Å². The molecule has 5 nitrogen and oxygen atoms in total. The standard InChI is InChI=1S/C22H33N3O2S/c1-18(2)16-25-21(15-23-22(25)28(3,26)27)17-24-13-11-20(12-14-24)10-9-19-7-5-4-6-8-19/h4-8,15,18,20H,9-14,16-17H2,1-3H3. The summed E-state index contributed by atoms with van der Waals surface area (Å²) in [6.07, 6.45) is 7.83. The van der Waals surface area contributed by atoms with E-state index >= 15 is 0 Å². The second-order valence-electron chi connectivity index (χ2n) is 8.55. The van der Waals surface area contributed by atoms with Crippen molar-refractivity contribution in [2.45, 2.75) is 57.8 Å². The number of rotatable bonds is 8. The van der Waals surface area contributed by atoms with Gasteiger partial charge in [-0.3, -0.25) is 4.90 Å². The molecule has 0 bridgehead atoms. The molecule has 1 aliphatic rings. The number of imidazole rings is 1. The van der Waals surface area contributed by atoms with Crippen LogP contribution < -0.4 is 0 Å². The third kappa shape index (κ3) is 5.67. The Hall–Kier alpha value is -1.66. The SMILES string of the molecule is CC(C)Cn1c(CN2CCC(CCc3ccccc3)CC2)cnc1S(C)(=O)=O. The van der Waals surface area contributed by atoms with E-state index in [1.807, 2.05) is 4.57 Å². The Bertz CT molecular complexity index is 851. The Morgan fingerprint density at radius 3 is 2.43 bits per heavy atom. The highest BCUT2D eigenvalue weighted by Gasteiger charge is 2.23. The van der Waals surface area contributed by atoms with Crippen molar-refractivity contribution in [1.82, 2.24) is 14.5 Å². The number of benzene rings is 1. The lowest BCUT2D eigenvalue weighted by atomic mass is 9.90. The fraction of sp³-hybridized carbons (Fsp3) is 0.591. The molecule has 0 spiro atoms. The molecular formula is C22H33N3O2S. The van der Waals surface area contributed by atoms with Crippen LogP contribution in [0.4, 0.5) is 0 Å². The Labute approximate surface area is 169 Å². The van der Waals surface area contributed by atoms with E-state index < -0.39 is 9.84 Å². The van der Waals surface area contributed by atoms with Crippen LogP contribution in [0.15, 0.2) is 41.7 Å². The van der Waals surface area contributed by atoms with Crippen LogP contribution in [-0.4, -0.2) is 42.2 Å². The van der Waals surface area contributed by atoms with E-state index in [2.05, 4.69) is 54.1 Å². The van der Waals surface area contributed by atoms with Gasteiger partial charge in [0.2, 0.25) is 15.0 Å². The highest BCUT2D eigenvalue weighted by atomic mass is 32.2. The van der Waals surface area contributed by atoms with Gasteiger partial charge in [0, 0.05) is 19.3 Å². The highest BCUT2D eigenvalue weighted by Crippen LogP contribution is 2.24. The number of aromatic nitrogens is 2. The number of piperidine rings is 1. The molecule has 1 aromatic heterocycles. The molecule has 0 radical (unpaired) electrons. The molecule has 0 unspecified atom stereocenters. The van der Waals surface area contributed by atoms with Gasteiger partial charge in [0.05, 0.1) is 11.9 Å².